The van der Waals surface area contributed by atoms with Gasteiger partial charge in [0, 0.05) is 17.5 Å². The van der Waals surface area contributed by atoms with E-state index >= 15 is 0 Å². The van der Waals surface area contributed by atoms with Crippen molar-refractivity contribution < 1.29 is 14.0 Å². The Morgan fingerprint density at radius 3 is 2.65 bits per heavy atom. The van der Waals surface area contributed by atoms with Crippen LogP contribution in [0.25, 0.3) is 0 Å². The van der Waals surface area contributed by atoms with Gasteiger partial charge in [-0.3, -0.25) is 9.59 Å². The molecule has 2 aromatic rings. The van der Waals surface area contributed by atoms with Crippen LogP contribution in [0.15, 0.2) is 28.2 Å². The molecule has 26 heavy (non-hydrogen) atoms. The molecular formula is C18H22N4O3S. The van der Waals surface area contributed by atoms with Gasteiger partial charge >= 0.3 is 0 Å². The van der Waals surface area contributed by atoms with E-state index in [9.17, 15) is 9.59 Å². The molecule has 2 heterocycles. The fourth-order valence-electron chi connectivity index (χ4n) is 3.60. The summed E-state index contributed by atoms with van der Waals surface area (Å²) in [7, 11) is 0. The van der Waals surface area contributed by atoms with Crippen LogP contribution in [-0.4, -0.2) is 38.4 Å². The molecule has 2 aliphatic carbocycles. The quantitative estimate of drug-likeness (QED) is 0.840. The summed E-state index contributed by atoms with van der Waals surface area (Å²) in [5.41, 5.74) is 0.281. The summed E-state index contributed by atoms with van der Waals surface area (Å²) < 4.78 is 9.33. The van der Waals surface area contributed by atoms with Crippen molar-refractivity contribution in [3.63, 3.8) is 0 Å². The first-order chi connectivity index (χ1) is 12.7. The molecular weight excluding hydrogens is 352 g/mol. The number of nitrogens with one attached hydrogen (secondary N) is 1. The van der Waals surface area contributed by atoms with Crippen LogP contribution in [0.2, 0.25) is 0 Å². The van der Waals surface area contributed by atoms with Crippen molar-refractivity contribution in [3.8, 4) is 0 Å². The van der Waals surface area contributed by atoms with Crippen LogP contribution in [-0.2, 0) is 4.79 Å². The highest BCUT2D eigenvalue weighted by Gasteiger charge is 2.44. The Labute approximate surface area is 155 Å². The first-order valence-corrected chi connectivity index (χ1v) is 10.0. The van der Waals surface area contributed by atoms with Crippen molar-refractivity contribution in [3.05, 3.63) is 35.2 Å². The van der Waals surface area contributed by atoms with Gasteiger partial charge in [0.25, 0.3) is 11.8 Å². The van der Waals surface area contributed by atoms with Crippen LogP contribution >= 0.6 is 11.5 Å². The summed E-state index contributed by atoms with van der Waals surface area (Å²) in [6, 6.07) is 2.94. The third-order valence-electron chi connectivity index (χ3n) is 5.04. The second-order valence-electron chi connectivity index (χ2n) is 7.00. The molecule has 7 nitrogen and oxygen atoms in total. The molecule has 4 rings (SSSR count). The average Bonchev–Trinajstić information content (AvgIpc) is 3.13. The number of hydrogen-bond acceptors (Lipinski definition) is 6. The molecule has 1 unspecified atom stereocenters. The highest BCUT2D eigenvalue weighted by atomic mass is 32.1. The number of rotatable bonds is 6. The number of aromatic nitrogens is 2. The first kappa shape index (κ1) is 17.2. The lowest BCUT2D eigenvalue weighted by Crippen LogP contribution is -2.48. The topological polar surface area (TPSA) is 88.3 Å². The van der Waals surface area contributed by atoms with E-state index in [1.807, 2.05) is 0 Å². The van der Waals surface area contributed by atoms with Gasteiger partial charge in [-0.15, -0.1) is 5.10 Å². The minimum atomic E-state index is -0.770. The van der Waals surface area contributed by atoms with Gasteiger partial charge in [0.05, 0.1) is 6.26 Å². The summed E-state index contributed by atoms with van der Waals surface area (Å²) in [6.07, 6.45) is 8.77. The predicted molar refractivity (Wildman–Crippen MR) is 95.6 cm³/mol. The molecule has 2 aromatic heterocycles. The second-order valence-corrected chi connectivity index (χ2v) is 7.61. The molecule has 2 amide bonds. The fraction of sp³-hybridized carbons (Fsp3) is 0.556. The summed E-state index contributed by atoms with van der Waals surface area (Å²) in [4.78, 5) is 27.8. The summed E-state index contributed by atoms with van der Waals surface area (Å²) in [6.45, 7) is 0. The minimum Gasteiger partial charge on any atom is -0.467 e. The number of furan rings is 1. The highest BCUT2D eigenvalue weighted by molar-refractivity contribution is 7.03. The molecule has 138 valence electrons. The van der Waals surface area contributed by atoms with Crippen molar-refractivity contribution in [1.82, 2.24) is 19.8 Å². The number of hydrogen-bond donors (Lipinski definition) is 1. The Morgan fingerprint density at radius 1 is 1.23 bits per heavy atom. The summed E-state index contributed by atoms with van der Waals surface area (Å²) >= 11 is 1.13. The Morgan fingerprint density at radius 2 is 2.04 bits per heavy atom. The van der Waals surface area contributed by atoms with E-state index in [4.69, 9.17) is 4.42 Å². The molecule has 2 aliphatic rings. The van der Waals surface area contributed by atoms with Crippen molar-refractivity contribution in [2.75, 3.05) is 0 Å². The monoisotopic (exact) mass is 374 g/mol. The lowest BCUT2D eigenvalue weighted by atomic mass is 9.95. The molecule has 1 N–H and O–H groups in total. The van der Waals surface area contributed by atoms with Crippen LogP contribution in [0.3, 0.4) is 0 Å². The van der Waals surface area contributed by atoms with E-state index in [-0.39, 0.29) is 29.6 Å². The van der Waals surface area contributed by atoms with Gasteiger partial charge in [-0.25, -0.2) is 0 Å². The zero-order valence-corrected chi connectivity index (χ0v) is 15.3. The van der Waals surface area contributed by atoms with E-state index in [1.54, 1.807) is 22.4 Å². The normalized spacial score (nSPS) is 19.1. The number of carbonyl (C=O) groups is 2. The van der Waals surface area contributed by atoms with E-state index in [1.165, 1.54) is 12.7 Å². The SMILES string of the molecule is O=C(NC1CCCCC1)C(c1ccco1)N(C(=O)c1csnn1)C1CC1. The van der Waals surface area contributed by atoms with Crippen LogP contribution in [0, 0.1) is 0 Å². The number of nitrogens with zero attached hydrogens (tertiary/aromatic N) is 3. The molecule has 8 heteroatoms. The Kier molecular flexibility index (Phi) is 5.01. The molecule has 0 spiro atoms. The Hall–Kier alpha value is -2.22. The van der Waals surface area contributed by atoms with Gasteiger partial charge in [-0.2, -0.15) is 0 Å². The standard InChI is InChI=1S/C18H22N4O3S/c23-17(19-12-5-2-1-3-6-12)16(15-7-4-10-25-15)22(13-8-9-13)18(24)14-11-26-21-20-14/h4,7,10-13,16H,1-3,5-6,8-9H2,(H,19,23). The van der Waals surface area contributed by atoms with Crippen LogP contribution in [0.4, 0.5) is 0 Å². The van der Waals surface area contributed by atoms with E-state index in [0.717, 1.165) is 50.1 Å². The molecule has 1 atom stereocenters. The van der Waals surface area contributed by atoms with Gasteiger partial charge in [-0.1, -0.05) is 23.8 Å². The van der Waals surface area contributed by atoms with Crippen molar-refractivity contribution >= 4 is 23.3 Å². The third kappa shape index (κ3) is 3.65. The molecule has 0 aromatic carbocycles. The number of carbonyl (C=O) groups excluding carboxylic acids is 2. The number of amides is 2. The van der Waals surface area contributed by atoms with Crippen molar-refractivity contribution in [1.29, 1.82) is 0 Å². The Balaban J connectivity index is 1.61. The zero-order valence-electron chi connectivity index (χ0n) is 14.5. The van der Waals surface area contributed by atoms with Crippen LogP contribution < -0.4 is 5.32 Å². The maximum absolute atomic E-state index is 13.2. The Bertz CT molecular complexity index is 737. The van der Waals surface area contributed by atoms with E-state index in [2.05, 4.69) is 14.9 Å². The van der Waals surface area contributed by atoms with Gasteiger partial charge in [-0.05, 0) is 49.3 Å². The molecule has 0 aliphatic heterocycles. The lowest BCUT2D eigenvalue weighted by Gasteiger charge is -2.31. The van der Waals surface area contributed by atoms with Crippen molar-refractivity contribution in [2.24, 2.45) is 0 Å². The summed E-state index contributed by atoms with van der Waals surface area (Å²) in [5, 5.41) is 8.67. The lowest BCUT2D eigenvalue weighted by molar-refractivity contribution is -0.127. The predicted octanol–water partition coefficient (Wildman–Crippen LogP) is 2.93. The van der Waals surface area contributed by atoms with Gasteiger partial charge in [0.2, 0.25) is 0 Å². The van der Waals surface area contributed by atoms with E-state index < -0.39 is 6.04 Å². The minimum absolute atomic E-state index is 0.0383. The van der Waals surface area contributed by atoms with Crippen LogP contribution in [0.5, 0.6) is 0 Å². The maximum Gasteiger partial charge on any atom is 0.276 e. The maximum atomic E-state index is 13.2. The molecule has 2 saturated carbocycles. The van der Waals surface area contributed by atoms with Gasteiger partial charge in [0.1, 0.15) is 5.76 Å². The smallest absolute Gasteiger partial charge is 0.276 e. The first-order valence-electron chi connectivity index (χ1n) is 9.17. The van der Waals surface area contributed by atoms with Crippen LogP contribution in [0.1, 0.15) is 67.2 Å². The van der Waals surface area contributed by atoms with Crippen molar-refractivity contribution in [2.45, 2.75) is 63.1 Å². The molecule has 2 fully saturated rings. The molecule has 0 bridgehead atoms. The second kappa shape index (κ2) is 7.57. The average molecular weight is 374 g/mol. The van der Waals surface area contributed by atoms with Gasteiger partial charge < -0.3 is 14.6 Å². The summed E-state index contributed by atoms with van der Waals surface area (Å²) in [5.74, 6) is 0.0541. The van der Waals surface area contributed by atoms with E-state index in [0.29, 0.717) is 5.76 Å². The van der Waals surface area contributed by atoms with Gasteiger partial charge in [0.15, 0.2) is 11.7 Å². The highest BCUT2D eigenvalue weighted by Crippen LogP contribution is 2.36. The molecule has 0 radical (unpaired) electrons. The zero-order chi connectivity index (χ0) is 17.9. The largest absolute Gasteiger partial charge is 0.467 e. The molecule has 0 saturated heterocycles. The fourth-order valence-corrected chi connectivity index (χ4v) is 4.03. The third-order valence-corrected chi connectivity index (χ3v) is 5.55.